The van der Waals surface area contributed by atoms with E-state index in [1.165, 1.54) is 18.9 Å². The molecule has 1 heterocycles. The van der Waals surface area contributed by atoms with Crippen molar-refractivity contribution in [3.05, 3.63) is 45.1 Å². The number of allylic oxidation sites excluding steroid dienone is 1. The monoisotopic (exact) mass is 434 g/mol. The van der Waals surface area contributed by atoms with E-state index < -0.39 is 12.0 Å². The molecule has 1 unspecified atom stereocenters. The van der Waals surface area contributed by atoms with Crippen LogP contribution in [0.4, 0.5) is 11.4 Å². The molecule has 3 N–H and O–H groups in total. The molecule has 0 radical (unpaired) electrons. The zero-order chi connectivity index (χ0) is 21.8. The second-order valence-electron chi connectivity index (χ2n) is 7.66. The van der Waals surface area contributed by atoms with E-state index >= 15 is 0 Å². The molecule has 0 amide bonds. The molecular weight excluding hydrogens is 408 g/mol. The summed E-state index contributed by atoms with van der Waals surface area (Å²) in [4.78, 5) is 25.6. The number of aliphatic hydroxyl groups excluding tert-OH is 1. The lowest BCUT2D eigenvalue weighted by molar-refractivity contribution is -0.384. The lowest BCUT2D eigenvalue weighted by atomic mass is 10.0. The first-order valence-electron chi connectivity index (χ1n) is 9.85. The van der Waals surface area contributed by atoms with E-state index in [0.717, 1.165) is 6.54 Å². The summed E-state index contributed by atoms with van der Waals surface area (Å²) in [7, 11) is 1.87. The molecule has 9 nitrogen and oxygen atoms in total. The number of nitro benzene ring substituents is 1. The van der Waals surface area contributed by atoms with Gasteiger partial charge in [0.15, 0.2) is 5.11 Å². The summed E-state index contributed by atoms with van der Waals surface area (Å²) >= 11 is 5.03. The maximum absolute atomic E-state index is 12.5. The Balaban J connectivity index is 1.63. The molecule has 1 atom stereocenters. The van der Waals surface area contributed by atoms with Crippen molar-refractivity contribution < 1.29 is 19.6 Å². The fourth-order valence-corrected chi connectivity index (χ4v) is 3.81. The average molecular weight is 435 g/mol. The van der Waals surface area contributed by atoms with Crippen molar-refractivity contribution in [1.82, 2.24) is 10.6 Å². The first-order chi connectivity index (χ1) is 14.3. The van der Waals surface area contributed by atoms with Crippen LogP contribution in [0, 0.1) is 16.0 Å². The minimum atomic E-state index is -0.631. The molecule has 0 bridgehead atoms. The molecule has 1 fully saturated rings. The lowest BCUT2D eigenvalue weighted by Gasteiger charge is -2.28. The molecule has 0 spiro atoms. The third-order valence-electron chi connectivity index (χ3n) is 5.26. The van der Waals surface area contributed by atoms with Crippen LogP contribution in [0.2, 0.25) is 0 Å². The van der Waals surface area contributed by atoms with E-state index in [-0.39, 0.29) is 29.4 Å². The van der Waals surface area contributed by atoms with E-state index in [9.17, 15) is 20.0 Å². The molecule has 1 aromatic rings. The van der Waals surface area contributed by atoms with Crippen LogP contribution < -0.4 is 15.5 Å². The Bertz CT molecular complexity index is 884. The van der Waals surface area contributed by atoms with Crippen molar-refractivity contribution in [2.75, 3.05) is 31.7 Å². The largest absolute Gasteiger partial charge is 0.462 e. The van der Waals surface area contributed by atoms with Gasteiger partial charge < -0.3 is 25.4 Å². The van der Waals surface area contributed by atoms with Crippen LogP contribution in [0.3, 0.4) is 0 Å². The molecule has 1 aliphatic heterocycles. The van der Waals surface area contributed by atoms with Gasteiger partial charge in [0.05, 0.1) is 29.8 Å². The fraction of sp³-hybridized carbons (Fsp3) is 0.500. The summed E-state index contributed by atoms with van der Waals surface area (Å²) in [5.74, 6) is 0.0525. The summed E-state index contributed by atoms with van der Waals surface area (Å²) in [5, 5.41) is 27.0. The van der Waals surface area contributed by atoms with Crippen molar-refractivity contribution in [2.45, 2.75) is 32.2 Å². The Morgan fingerprint density at radius 3 is 2.80 bits per heavy atom. The number of benzene rings is 1. The Morgan fingerprint density at radius 2 is 2.17 bits per heavy atom. The normalized spacial score (nSPS) is 18.5. The minimum Gasteiger partial charge on any atom is -0.462 e. The number of thiocarbonyl (C=S) groups is 1. The number of esters is 1. The molecule has 3 rings (SSSR count). The number of hydrogen-bond acceptors (Lipinski definition) is 7. The third-order valence-corrected chi connectivity index (χ3v) is 5.48. The van der Waals surface area contributed by atoms with Crippen molar-refractivity contribution in [3.63, 3.8) is 0 Å². The standard InChI is InChI=1S/C20H26N4O5S/c1-12-18(15(11-25)22-20(30)21-12)19(26)29-8-7-13-5-6-16(17(9-13)24(27)28)23(2)10-14-3-4-14/h5-6,9,14-15,25H,3-4,7-8,10-11H2,1-2H3,(H2,21,22,30). The molecule has 10 heteroatoms. The Hall–Kier alpha value is -2.72. The smallest absolute Gasteiger partial charge is 0.337 e. The summed E-state index contributed by atoms with van der Waals surface area (Å²) in [6, 6.07) is 4.48. The highest BCUT2D eigenvalue weighted by Crippen LogP contribution is 2.34. The highest BCUT2D eigenvalue weighted by Gasteiger charge is 2.29. The molecule has 1 aromatic carbocycles. The van der Waals surface area contributed by atoms with Gasteiger partial charge in [-0.1, -0.05) is 6.07 Å². The summed E-state index contributed by atoms with van der Waals surface area (Å²) in [5.41, 5.74) is 2.17. The van der Waals surface area contributed by atoms with E-state index in [2.05, 4.69) is 10.6 Å². The molecule has 30 heavy (non-hydrogen) atoms. The van der Waals surface area contributed by atoms with Crippen molar-refractivity contribution >= 4 is 34.7 Å². The van der Waals surface area contributed by atoms with Gasteiger partial charge >= 0.3 is 5.97 Å². The molecule has 2 aliphatic rings. The minimum absolute atomic E-state index is 0.0510. The van der Waals surface area contributed by atoms with Gasteiger partial charge in [-0.15, -0.1) is 0 Å². The highest BCUT2D eigenvalue weighted by molar-refractivity contribution is 7.80. The quantitative estimate of drug-likeness (QED) is 0.231. The molecule has 1 saturated carbocycles. The average Bonchev–Trinajstić information content (AvgIpc) is 3.50. The molecule has 162 valence electrons. The second kappa shape index (κ2) is 9.40. The van der Waals surface area contributed by atoms with Crippen LogP contribution in [-0.4, -0.2) is 54.0 Å². The highest BCUT2D eigenvalue weighted by atomic mass is 32.1. The Labute approximate surface area is 180 Å². The van der Waals surface area contributed by atoms with Crippen LogP contribution in [0.15, 0.2) is 29.5 Å². The van der Waals surface area contributed by atoms with E-state index in [1.54, 1.807) is 13.0 Å². The number of nitrogens with zero attached hydrogens (tertiary/aromatic N) is 2. The molecule has 1 aliphatic carbocycles. The predicted molar refractivity (Wildman–Crippen MR) is 116 cm³/mol. The first kappa shape index (κ1) is 22.0. The van der Waals surface area contributed by atoms with Gasteiger partial charge in [0.1, 0.15) is 5.69 Å². The summed E-state index contributed by atoms with van der Waals surface area (Å²) in [6.07, 6.45) is 2.69. The van der Waals surface area contributed by atoms with Crippen molar-refractivity contribution in [2.24, 2.45) is 5.92 Å². The number of ether oxygens (including phenoxy) is 1. The number of aliphatic hydroxyl groups is 1. The van der Waals surface area contributed by atoms with Crippen LogP contribution >= 0.6 is 12.2 Å². The van der Waals surface area contributed by atoms with Crippen LogP contribution in [0.5, 0.6) is 0 Å². The van der Waals surface area contributed by atoms with Gasteiger partial charge in [0.25, 0.3) is 5.69 Å². The second-order valence-corrected chi connectivity index (χ2v) is 8.07. The Morgan fingerprint density at radius 1 is 1.43 bits per heavy atom. The number of carbonyl (C=O) groups excluding carboxylic acids is 1. The number of hydrogen-bond donors (Lipinski definition) is 3. The van der Waals surface area contributed by atoms with Crippen LogP contribution in [-0.2, 0) is 16.0 Å². The number of anilines is 1. The van der Waals surface area contributed by atoms with Crippen molar-refractivity contribution in [3.8, 4) is 0 Å². The number of rotatable bonds is 9. The van der Waals surface area contributed by atoms with Crippen molar-refractivity contribution in [1.29, 1.82) is 0 Å². The van der Waals surface area contributed by atoms with Crippen LogP contribution in [0.1, 0.15) is 25.3 Å². The zero-order valence-corrected chi connectivity index (χ0v) is 17.8. The van der Waals surface area contributed by atoms with Gasteiger partial charge in [0, 0.05) is 31.8 Å². The lowest BCUT2D eigenvalue weighted by Crippen LogP contribution is -2.51. The van der Waals surface area contributed by atoms with E-state index in [4.69, 9.17) is 17.0 Å². The SMILES string of the molecule is CC1=C(C(=O)OCCc2ccc(N(C)CC3CC3)c([N+](=O)[O-])c2)C(CO)NC(=S)N1. The van der Waals surface area contributed by atoms with Gasteiger partial charge in [-0.05, 0) is 49.5 Å². The number of nitrogens with one attached hydrogen (secondary N) is 2. The third kappa shape index (κ3) is 5.25. The van der Waals surface area contributed by atoms with Gasteiger partial charge in [-0.3, -0.25) is 10.1 Å². The maximum Gasteiger partial charge on any atom is 0.337 e. The summed E-state index contributed by atoms with van der Waals surface area (Å²) in [6.45, 7) is 2.26. The van der Waals surface area contributed by atoms with Crippen LogP contribution in [0.25, 0.3) is 0 Å². The van der Waals surface area contributed by atoms with E-state index in [0.29, 0.717) is 34.4 Å². The molecule has 0 aromatic heterocycles. The maximum atomic E-state index is 12.5. The summed E-state index contributed by atoms with van der Waals surface area (Å²) < 4.78 is 5.35. The predicted octanol–water partition coefficient (Wildman–Crippen LogP) is 1.64. The van der Waals surface area contributed by atoms with E-state index in [1.807, 2.05) is 18.0 Å². The number of carbonyl (C=O) groups is 1. The molecule has 0 saturated heterocycles. The van der Waals surface area contributed by atoms with Gasteiger partial charge in [-0.25, -0.2) is 4.79 Å². The Kier molecular flexibility index (Phi) is 6.88. The fourth-order valence-electron chi connectivity index (χ4n) is 3.52. The number of nitro groups is 1. The van der Waals surface area contributed by atoms with Gasteiger partial charge in [0.2, 0.25) is 0 Å². The zero-order valence-electron chi connectivity index (χ0n) is 17.0. The first-order valence-corrected chi connectivity index (χ1v) is 10.3. The van der Waals surface area contributed by atoms with Gasteiger partial charge in [-0.2, -0.15) is 0 Å². The topological polar surface area (TPSA) is 117 Å². The molecular formula is C20H26N4O5S.